The summed E-state index contributed by atoms with van der Waals surface area (Å²) in [6.45, 7) is 14.9. The van der Waals surface area contributed by atoms with Gasteiger partial charge in [0, 0.05) is 86.4 Å². The number of likely N-dealkylation sites (tertiary alicyclic amines) is 2. The van der Waals surface area contributed by atoms with Crippen LogP contribution in [0.5, 0.6) is 0 Å². The monoisotopic (exact) mass is 1000 g/mol. The lowest BCUT2D eigenvalue weighted by Gasteiger charge is -2.39. The van der Waals surface area contributed by atoms with E-state index in [4.69, 9.17) is 15.2 Å². The molecule has 2 aromatic carbocycles. The normalized spacial score (nSPS) is 24.0. The molecule has 4 fully saturated rings. The van der Waals surface area contributed by atoms with Gasteiger partial charge in [-0.2, -0.15) is 0 Å². The zero-order valence-corrected chi connectivity index (χ0v) is 43.1. The van der Waals surface area contributed by atoms with E-state index in [0.717, 1.165) is 114 Å². The molecule has 0 radical (unpaired) electrons. The Labute approximate surface area is 407 Å². The fourth-order valence-electron chi connectivity index (χ4n) is 9.66. The molecule has 6 atom stereocenters. The average molecular weight is 1000 g/mol. The molecule has 2 aliphatic carbocycles. The van der Waals surface area contributed by atoms with E-state index in [-0.39, 0.29) is 42.8 Å². The highest BCUT2D eigenvalue weighted by atomic mass is 35.7. The Morgan fingerprint density at radius 2 is 1.05 bits per heavy atom. The topological polar surface area (TPSA) is 189 Å². The van der Waals surface area contributed by atoms with Crippen molar-refractivity contribution in [3.05, 3.63) is 70.8 Å². The SMILES string of the molecule is CCOCC1CCCN(C[C@@H]2CCCC[C@H]2NC(=O)c2ccc(CN)cc2)C1.CCOCC1CCCN(C[C@@H]2CCCC[C@H]2NC(=O)c2ccc(CNS(C)(=O)=O)cc2)C1.CS(=O)(=O)Cl.Cl. The molecule has 376 valence electrons. The van der Waals surface area contributed by atoms with E-state index in [0.29, 0.717) is 35.8 Å². The fourth-order valence-corrected chi connectivity index (χ4v) is 10.1. The predicted octanol–water partition coefficient (Wildman–Crippen LogP) is 6.56. The summed E-state index contributed by atoms with van der Waals surface area (Å²) in [5.74, 6) is 2.32. The number of carbonyl (C=O) groups is 2. The van der Waals surface area contributed by atoms with Crippen molar-refractivity contribution in [1.29, 1.82) is 0 Å². The van der Waals surface area contributed by atoms with Gasteiger partial charge in [0.1, 0.15) is 0 Å². The third-order valence-corrected chi connectivity index (χ3v) is 13.6. The molecular formula is C48H80Cl2N6O8S2. The number of nitrogens with zero attached hydrogens (tertiary/aromatic N) is 2. The molecule has 2 saturated carbocycles. The molecule has 2 saturated heterocycles. The number of piperidine rings is 2. The van der Waals surface area contributed by atoms with Crippen molar-refractivity contribution in [2.24, 2.45) is 29.4 Å². The quantitative estimate of drug-likeness (QED) is 0.118. The van der Waals surface area contributed by atoms with Gasteiger partial charge in [-0.05, 0) is 137 Å². The molecule has 2 amide bonds. The second-order valence-electron chi connectivity index (χ2n) is 18.5. The predicted molar refractivity (Wildman–Crippen MR) is 268 cm³/mol. The van der Waals surface area contributed by atoms with Gasteiger partial charge in [-0.25, -0.2) is 21.6 Å². The van der Waals surface area contributed by atoms with Gasteiger partial charge in [0.25, 0.3) is 11.8 Å². The van der Waals surface area contributed by atoms with Crippen LogP contribution in [-0.4, -0.2) is 129 Å². The van der Waals surface area contributed by atoms with Gasteiger partial charge in [0.15, 0.2) is 0 Å². The van der Waals surface area contributed by atoms with Crippen LogP contribution >= 0.6 is 23.1 Å². The second-order valence-corrected chi connectivity index (χ2v) is 23.4. The molecule has 14 nitrogen and oxygen atoms in total. The van der Waals surface area contributed by atoms with Crippen molar-refractivity contribution in [2.75, 3.05) is 78.2 Å². The number of hydrogen-bond acceptors (Lipinski definition) is 11. The van der Waals surface area contributed by atoms with Crippen LogP contribution < -0.4 is 21.1 Å². The molecule has 2 unspecified atom stereocenters. The molecular weight excluding hydrogens is 924 g/mol. The summed E-state index contributed by atoms with van der Waals surface area (Å²) in [7, 11) is -1.93. The maximum absolute atomic E-state index is 12.9. The lowest BCUT2D eigenvalue weighted by Crippen LogP contribution is -2.48. The molecule has 66 heavy (non-hydrogen) atoms. The molecule has 0 bridgehead atoms. The number of amides is 2. The van der Waals surface area contributed by atoms with E-state index in [1.165, 1.54) is 57.9 Å². The average Bonchev–Trinajstić information content (AvgIpc) is 3.28. The first-order valence-corrected chi connectivity index (χ1v) is 28.6. The van der Waals surface area contributed by atoms with Crippen molar-refractivity contribution < 1.29 is 35.9 Å². The van der Waals surface area contributed by atoms with E-state index < -0.39 is 19.1 Å². The van der Waals surface area contributed by atoms with Crippen LogP contribution in [-0.2, 0) is 41.6 Å². The van der Waals surface area contributed by atoms with Crippen molar-refractivity contribution in [2.45, 2.75) is 116 Å². The first-order chi connectivity index (χ1) is 31.0. The first-order valence-electron chi connectivity index (χ1n) is 24.0. The van der Waals surface area contributed by atoms with Crippen molar-refractivity contribution in [3.8, 4) is 0 Å². The van der Waals surface area contributed by atoms with Crippen molar-refractivity contribution in [1.82, 2.24) is 25.2 Å². The zero-order chi connectivity index (χ0) is 47.2. The Hall–Kier alpha value is -2.38. The van der Waals surface area contributed by atoms with Gasteiger partial charge in [0.05, 0.1) is 25.7 Å². The lowest BCUT2D eigenvalue weighted by atomic mass is 9.83. The number of ether oxygens (including phenoxy) is 2. The van der Waals surface area contributed by atoms with E-state index in [9.17, 15) is 26.4 Å². The smallest absolute Gasteiger partial charge is 0.251 e. The number of benzene rings is 2. The largest absolute Gasteiger partial charge is 0.381 e. The number of rotatable bonds is 18. The zero-order valence-electron chi connectivity index (χ0n) is 39.9. The van der Waals surface area contributed by atoms with Gasteiger partial charge >= 0.3 is 0 Å². The molecule has 4 aliphatic rings. The minimum Gasteiger partial charge on any atom is -0.381 e. The van der Waals surface area contributed by atoms with Crippen LogP contribution in [0.4, 0.5) is 0 Å². The third-order valence-electron chi connectivity index (χ3n) is 13.0. The number of nitrogens with two attached hydrogens (primary N) is 1. The highest BCUT2D eigenvalue weighted by Gasteiger charge is 2.32. The Kier molecular flexibility index (Phi) is 26.6. The Morgan fingerprint density at radius 1 is 0.652 bits per heavy atom. The van der Waals surface area contributed by atoms with Gasteiger partial charge in [-0.3, -0.25) is 9.59 Å². The molecule has 0 spiro atoms. The van der Waals surface area contributed by atoms with Crippen LogP contribution in [0.3, 0.4) is 0 Å². The van der Waals surface area contributed by atoms with Crippen LogP contribution in [0.2, 0.25) is 0 Å². The summed E-state index contributed by atoms with van der Waals surface area (Å²) in [6, 6.07) is 15.3. The van der Waals surface area contributed by atoms with Crippen molar-refractivity contribution in [3.63, 3.8) is 0 Å². The Balaban J connectivity index is 0.000000315. The third kappa shape index (κ3) is 22.8. The molecule has 6 rings (SSSR count). The van der Waals surface area contributed by atoms with Crippen LogP contribution in [0.15, 0.2) is 48.5 Å². The minimum atomic E-state index is -3.24. The van der Waals surface area contributed by atoms with E-state index >= 15 is 0 Å². The van der Waals surface area contributed by atoms with Gasteiger partial charge in [-0.1, -0.05) is 49.9 Å². The minimum absolute atomic E-state index is 0. The Bertz CT molecular complexity index is 1920. The fraction of sp³-hybridized carbons (Fsp3) is 0.708. The lowest BCUT2D eigenvalue weighted by molar-refractivity contribution is 0.0546. The molecule has 2 heterocycles. The van der Waals surface area contributed by atoms with Gasteiger partial charge in [0.2, 0.25) is 19.1 Å². The maximum Gasteiger partial charge on any atom is 0.251 e. The molecule has 2 aliphatic heterocycles. The van der Waals surface area contributed by atoms with Crippen LogP contribution in [0.25, 0.3) is 0 Å². The highest BCUT2D eigenvalue weighted by Crippen LogP contribution is 2.29. The summed E-state index contributed by atoms with van der Waals surface area (Å²) in [5.41, 5.74) is 8.89. The number of carbonyl (C=O) groups excluding carboxylic acids is 2. The molecule has 18 heteroatoms. The number of halogens is 2. The molecule has 2 aromatic rings. The summed E-state index contributed by atoms with van der Waals surface area (Å²) in [6.07, 6.45) is 16.4. The van der Waals surface area contributed by atoms with Gasteiger partial charge < -0.3 is 35.6 Å². The van der Waals surface area contributed by atoms with Crippen LogP contribution in [0, 0.1) is 23.7 Å². The highest BCUT2D eigenvalue weighted by molar-refractivity contribution is 8.13. The molecule has 0 aromatic heterocycles. The standard InChI is InChI=1S/C24H39N3O4S.C23H37N3O2.CH3ClO2S.ClH/c1-3-31-18-20-7-6-14-27(16-20)17-22-8-4-5-9-23(22)26-24(28)21-12-10-19(11-13-21)15-25-32(2,29)30;1-2-28-17-19-6-5-13-26(15-19)16-21-7-3-4-8-22(21)25-23(27)20-11-9-18(14-24)10-12-20;1-5(2,3)4;/h10-13,20,22-23,25H,3-9,14-18H2,1-2H3,(H,26,28);9-12,19,21-22H,2-8,13-17,24H2,1H3,(H,25,27);1H3;1H/t20?,22-,23+;19?,21-,22+;;/m00../s1. The maximum atomic E-state index is 12.9. The van der Waals surface area contributed by atoms with E-state index in [2.05, 4.69) is 49.7 Å². The number of nitrogens with one attached hydrogen (secondary N) is 3. The molecule has 5 N–H and O–H groups in total. The summed E-state index contributed by atoms with van der Waals surface area (Å²) in [5, 5.41) is 6.63. The van der Waals surface area contributed by atoms with Crippen LogP contribution in [0.1, 0.15) is 123 Å². The first kappa shape index (κ1) is 57.9. The van der Waals surface area contributed by atoms with E-state index in [1.54, 1.807) is 24.3 Å². The number of sulfonamides is 1. The van der Waals surface area contributed by atoms with Crippen molar-refractivity contribution >= 4 is 54.0 Å². The summed E-state index contributed by atoms with van der Waals surface area (Å²) >= 11 is 0. The summed E-state index contributed by atoms with van der Waals surface area (Å²) in [4.78, 5) is 30.8. The van der Waals surface area contributed by atoms with Gasteiger partial charge in [-0.15, -0.1) is 12.4 Å². The number of hydrogen-bond donors (Lipinski definition) is 4. The summed E-state index contributed by atoms with van der Waals surface area (Å²) < 4.78 is 55.1. The van der Waals surface area contributed by atoms with E-state index in [1.807, 2.05) is 24.3 Å². The Morgan fingerprint density at radius 3 is 1.42 bits per heavy atom. The second kappa shape index (κ2) is 30.3.